The maximum absolute atomic E-state index is 12.3. The first kappa shape index (κ1) is 36.8. The van der Waals surface area contributed by atoms with E-state index in [1.807, 2.05) is 40.7 Å². The van der Waals surface area contributed by atoms with E-state index in [0.717, 1.165) is 50.5 Å². The molecule has 46 heavy (non-hydrogen) atoms. The minimum atomic E-state index is -1.37. The van der Waals surface area contributed by atoms with Crippen LogP contribution < -0.4 is 9.97 Å². The van der Waals surface area contributed by atoms with Gasteiger partial charge in [0.1, 0.15) is 0 Å². The van der Waals surface area contributed by atoms with Gasteiger partial charge in [0.25, 0.3) is 0 Å². The van der Waals surface area contributed by atoms with E-state index >= 15 is 0 Å². The van der Waals surface area contributed by atoms with Gasteiger partial charge in [-0.05, 0) is 65.0 Å². The molecule has 7 atom stereocenters. The van der Waals surface area contributed by atoms with Crippen molar-refractivity contribution in [1.29, 1.82) is 0 Å². The molecule has 8 bridgehead atoms. The first-order valence-corrected chi connectivity index (χ1v) is 16.8. The van der Waals surface area contributed by atoms with Gasteiger partial charge in [0.05, 0.1) is 0 Å². The van der Waals surface area contributed by atoms with Gasteiger partial charge in [-0.3, -0.25) is 9.59 Å². The molecule has 9 nitrogen and oxygen atoms in total. The Morgan fingerprint density at radius 2 is 1.65 bits per heavy atom. The fraction of sp³-hybridized carbons (Fsp3) is 0.588. The summed E-state index contributed by atoms with van der Waals surface area (Å²) < 4.78 is 0. The number of aliphatic hydroxyl groups is 1. The summed E-state index contributed by atoms with van der Waals surface area (Å²) in [5, 5.41) is 41.3. The van der Waals surface area contributed by atoms with Crippen LogP contribution in [0.4, 0.5) is 0 Å². The number of carboxylic acid groups (broad SMARTS) is 2. The third kappa shape index (κ3) is 7.03. The van der Waals surface area contributed by atoms with Crippen LogP contribution in [0, 0.1) is 25.7 Å². The molecule has 12 heteroatoms. The Hall–Kier alpha value is -2.08. The van der Waals surface area contributed by atoms with Gasteiger partial charge >= 0.3 is 29.0 Å². The third-order valence-corrected chi connectivity index (χ3v) is 10.7. The molecule has 5 rings (SSSR count). The number of allylic oxidation sites excluding steroid dienone is 1. The van der Waals surface area contributed by atoms with E-state index in [9.17, 15) is 24.9 Å². The fourth-order valence-electron chi connectivity index (χ4n) is 7.87. The Balaban J connectivity index is 0.00000480. The summed E-state index contributed by atoms with van der Waals surface area (Å²) in [6.45, 7) is 12.1. The predicted octanol–water partition coefficient (Wildman–Crippen LogP) is 6.05. The van der Waals surface area contributed by atoms with Crippen molar-refractivity contribution >= 4 is 43.3 Å². The van der Waals surface area contributed by atoms with Crippen molar-refractivity contribution in [2.45, 2.75) is 115 Å². The molecule has 0 spiro atoms. The molecule has 0 saturated carbocycles. The standard InChI is InChI=1S/C34H44N4O5S2.Fe/c1-15-21(7-9-30(39)40)26-13-27-22(8-10-31(41)42)16(2)24(36-27)12-28-32(19(5)44)17(3)29(37-28)14-34(43)33(20(6)45)18(4)25(38-34)11-23(15)35-26;/h13,18-20,23,25,33,43-45H,7-12,14H2,1-6H3,(H,39,40)(H,41,42);/q-4;+4/b26-13-;/t18-,19+,20+,23?,25+,33-,34-;/m1./s1. The van der Waals surface area contributed by atoms with Crippen LogP contribution in [0.25, 0.3) is 16.7 Å². The van der Waals surface area contributed by atoms with E-state index in [-0.39, 0.29) is 70.8 Å². The maximum Gasteiger partial charge on any atom is 4.00 e. The van der Waals surface area contributed by atoms with Crippen LogP contribution in [0.1, 0.15) is 104 Å². The summed E-state index contributed by atoms with van der Waals surface area (Å²) in [6.07, 6.45) is 3.73. The molecule has 1 unspecified atom stereocenters. The molecule has 3 aliphatic rings. The maximum atomic E-state index is 12.3. The second-order valence-corrected chi connectivity index (χ2v) is 14.8. The smallest absolute Gasteiger partial charge is 0.678 e. The summed E-state index contributed by atoms with van der Waals surface area (Å²) >= 11 is 9.63. The van der Waals surface area contributed by atoms with Gasteiger partial charge in [0, 0.05) is 23.3 Å². The number of fused-ring (bicyclic) bond motifs is 8. The predicted molar refractivity (Wildman–Crippen MR) is 181 cm³/mol. The molecular weight excluding hydrogens is 664 g/mol. The van der Waals surface area contributed by atoms with Crippen molar-refractivity contribution < 1.29 is 42.0 Å². The van der Waals surface area contributed by atoms with Gasteiger partial charge in [0.15, 0.2) is 0 Å². The van der Waals surface area contributed by atoms with E-state index < -0.39 is 17.7 Å². The Kier molecular flexibility index (Phi) is 11.3. The molecule has 1 fully saturated rings. The summed E-state index contributed by atoms with van der Waals surface area (Å²) in [4.78, 5) is 33.4. The third-order valence-electron chi connectivity index (χ3n) is 10.2. The van der Waals surface area contributed by atoms with Crippen LogP contribution in [0.2, 0.25) is 0 Å². The van der Waals surface area contributed by atoms with Crippen LogP contribution in [-0.4, -0.2) is 50.3 Å². The van der Waals surface area contributed by atoms with Gasteiger partial charge in [-0.25, -0.2) is 0 Å². The van der Waals surface area contributed by atoms with E-state index in [1.54, 1.807) is 0 Å². The normalized spacial score (nSPS) is 28.2. The van der Waals surface area contributed by atoms with Gasteiger partial charge < -0.3 is 35.9 Å². The quantitative estimate of drug-likeness (QED) is 0.165. The van der Waals surface area contributed by atoms with Crippen molar-refractivity contribution in [2.24, 2.45) is 11.8 Å². The molecule has 5 heterocycles. The van der Waals surface area contributed by atoms with E-state index in [0.29, 0.717) is 37.1 Å². The molecule has 2 aromatic rings. The minimum absolute atomic E-state index is 0. The van der Waals surface area contributed by atoms with E-state index in [1.165, 1.54) is 0 Å². The van der Waals surface area contributed by atoms with Gasteiger partial charge in [-0.2, -0.15) is 42.3 Å². The summed E-state index contributed by atoms with van der Waals surface area (Å²) in [5.74, 6) is -1.95. The van der Waals surface area contributed by atoms with Crippen molar-refractivity contribution in [3.63, 3.8) is 0 Å². The van der Waals surface area contributed by atoms with Crippen molar-refractivity contribution in [1.82, 2.24) is 9.97 Å². The monoisotopic (exact) mass is 708 g/mol. The molecular formula is C34H44FeN4O5S2. The molecule has 2 aromatic heterocycles. The number of thiol groups is 2. The molecule has 0 aromatic carbocycles. The first-order valence-electron chi connectivity index (χ1n) is 15.8. The molecule has 3 N–H and O–H groups in total. The van der Waals surface area contributed by atoms with Gasteiger partial charge in [-0.15, -0.1) is 17.4 Å². The van der Waals surface area contributed by atoms with E-state index in [2.05, 4.69) is 6.92 Å². The average Bonchev–Trinajstić information content (AvgIpc) is 3.57. The minimum Gasteiger partial charge on any atom is -0.678 e. The number of nitrogens with zero attached hydrogens (tertiary/aromatic N) is 4. The van der Waals surface area contributed by atoms with Crippen LogP contribution in [0.5, 0.6) is 0 Å². The second kappa shape index (κ2) is 14.2. The van der Waals surface area contributed by atoms with Crippen molar-refractivity contribution in [3.05, 3.63) is 72.5 Å². The fourth-order valence-corrected chi connectivity index (χ4v) is 8.72. The largest absolute Gasteiger partial charge is 4.00 e. The van der Waals surface area contributed by atoms with Crippen molar-refractivity contribution in [2.75, 3.05) is 0 Å². The molecule has 0 aliphatic carbocycles. The number of hydrogen-bond donors (Lipinski definition) is 5. The SMILES string of the molecule is CC1=C(CCC(=O)O)/C2=C/c3[n-]c(c(C)c3CCC(=O)O)Cc3[n-]c(c(C)c3[C@H](C)S)C[C@]3(O)[N-][C@@H](CC1[N-]2)[C@@H](C)[C@@H]3[C@H](C)S.[Fe+4]. The average molecular weight is 709 g/mol. The van der Waals surface area contributed by atoms with Crippen LogP contribution >= 0.6 is 25.3 Å². The van der Waals surface area contributed by atoms with Gasteiger partial charge in [0.2, 0.25) is 0 Å². The topological polar surface area (TPSA) is 151 Å². The molecule has 3 aliphatic heterocycles. The Bertz CT molecular complexity index is 1560. The Morgan fingerprint density at radius 1 is 1.00 bits per heavy atom. The number of aromatic nitrogens is 2. The summed E-state index contributed by atoms with van der Waals surface area (Å²) in [5.41, 5.74) is 8.07. The van der Waals surface area contributed by atoms with Crippen LogP contribution in [-0.2, 0) is 45.9 Å². The zero-order valence-corrected chi connectivity index (χ0v) is 30.1. The van der Waals surface area contributed by atoms with Crippen LogP contribution in [0.3, 0.4) is 0 Å². The van der Waals surface area contributed by atoms with Crippen LogP contribution in [0.15, 0.2) is 16.8 Å². The number of carboxylic acids is 2. The summed E-state index contributed by atoms with van der Waals surface area (Å²) in [6, 6.07) is -0.427. The van der Waals surface area contributed by atoms with E-state index in [4.69, 9.17) is 45.9 Å². The number of rotatable bonds is 8. The number of carbonyl (C=O) groups is 2. The number of aliphatic carboxylic acids is 2. The molecule has 0 amide bonds. The first-order chi connectivity index (χ1) is 21.1. The Morgan fingerprint density at radius 3 is 2.26 bits per heavy atom. The molecule has 1 saturated heterocycles. The molecule has 0 radical (unpaired) electrons. The zero-order valence-electron chi connectivity index (χ0n) is 27.2. The zero-order chi connectivity index (χ0) is 33.0. The van der Waals surface area contributed by atoms with Gasteiger partial charge in [-0.1, -0.05) is 71.7 Å². The number of hydrogen-bond acceptors (Lipinski definition) is 5. The summed E-state index contributed by atoms with van der Waals surface area (Å²) in [7, 11) is 0. The Labute approximate surface area is 293 Å². The second-order valence-electron chi connectivity index (χ2n) is 13.2. The van der Waals surface area contributed by atoms with Crippen molar-refractivity contribution in [3.8, 4) is 0 Å². The molecule has 250 valence electrons.